The van der Waals surface area contributed by atoms with E-state index in [2.05, 4.69) is 22.1 Å². The number of aryl methyl sites for hydroxylation is 1. The van der Waals surface area contributed by atoms with Crippen LogP contribution in [0.3, 0.4) is 0 Å². The van der Waals surface area contributed by atoms with E-state index in [-0.39, 0.29) is 45.9 Å². The first kappa shape index (κ1) is 24.3. The molecular formula is C22H25N2OY-. The Bertz CT molecular complexity index is 804. The van der Waals surface area contributed by atoms with E-state index in [0.29, 0.717) is 17.8 Å². The number of hydrogen-bond donors (Lipinski definition) is 0. The summed E-state index contributed by atoms with van der Waals surface area (Å²) in [4.78, 5) is 20.8. The van der Waals surface area contributed by atoms with Gasteiger partial charge in [0, 0.05) is 51.5 Å². The zero-order valence-corrected chi connectivity index (χ0v) is 18.8. The molecule has 3 nitrogen and oxygen atoms in total. The molecule has 0 N–H and O–H groups in total. The van der Waals surface area contributed by atoms with E-state index in [0.717, 1.165) is 16.7 Å². The first-order valence-corrected chi connectivity index (χ1v) is 8.20. The maximum atomic E-state index is 12.5. The van der Waals surface area contributed by atoms with Crippen LogP contribution in [0.25, 0.3) is 11.1 Å². The molecule has 0 amide bonds. The van der Waals surface area contributed by atoms with E-state index in [9.17, 15) is 4.79 Å². The Hall–Kier alpha value is -1.71. The van der Waals surface area contributed by atoms with E-state index < -0.39 is 0 Å². The number of Topliss-reactive ketones (excluding diaryl/α,β-unsaturated/α-hetero) is 1. The molecule has 0 aliphatic heterocycles. The normalized spacial score (nSPS) is 9.04. The van der Waals surface area contributed by atoms with Gasteiger partial charge in [0.05, 0.1) is 5.69 Å². The Morgan fingerprint density at radius 3 is 2.12 bits per heavy atom. The van der Waals surface area contributed by atoms with Crippen LogP contribution >= 0.6 is 0 Å². The maximum Gasteiger partial charge on any atom is 0.187 e. The van der Waals surface area contributed by atoms with E-state index in [1.54, 1.807) is 12.4 Å². The van der Waals surface area contributed by atoms with Gasteiger partial charge in [0.25, 0.3) is 0 Å². The third-order valence-corrected chi connectivity index (χ3v) is 3.60. The van der Waals surface area contributed by atoms with Gasteiger partial charge < -0.3 is 7.43 Å². The molecule has 0 saturated heterocycles. The van der Waals surface area contributed by atoms with Crippen molar-refractivity contribution in [1.29, 1.82) is 0 Å². The molecule has 2 aromatic carbocycles. The number of carbonyl (C=O) groups is 1. The number of ketones is 1. The fourth-order valence-electron chi connectivity index (χ4n) is 2.51. The van der Waals surface area contributed by atoms with Crippen LogP contribution < -0.4 is 0 Å². The first-order chi connectivity index (χ1) is 11.8. The molecule has 0 bridgehead atoms. The second-order valence-electron chi connectivity index (χ2n) is 5.11. The zero-order valence-electron chi connectivity index (χ0n) is 15.9. The van der Waals surface area contributed by atoms with Crippen LogP contribution in [-0.4, -0.2) is 15.8 Å². The Morgan fingerprint density at radius 2 is 1.46 bits per heavy atom. The molecule has 3 rings (SSSR count). The minimum absolute atomic E-state index is 0. The van der Waals surface area contributed by atoms with Crippen molar-refractivity contribution in [2.24, 2.45) is 0 Å². The number of nitrogens with zero attached hydrogens (tertiary/aromatic N) is 2. The summed E-state index contributed by atoms with van der Waals surface area (Å²) in [6, 6.07) is 18.1. The van der Waals surface area contributed by atoms with Gasteiger partial charge in [0.1, 0.15) is 5.69 Å². The quantitative estimate of drug-likeness (QED) is 0.421. The van der Waals surface area contributed by atoms with Gasteiger partial charge in [0.15, 0.2) is 5.78 Å². The van der Waals surface area contributed by atoms with E-state index >= 15 is 0 Å². The van der Waals surface area contributed by atoms with Gasteiger partial charge >= 0.3 is 0 Å². The van der Waals surface area contributed by atoms with Gasteiger partial charge in [-0.1, -0.05) is 68.4 Å². The molecule has 0 atom stereocenters. The van der Waals surface area contributed by atoms with Crippen molar-refractivity contribution < 1.29 is 37.5 Å². The van der Waals surface area contributed by atoms with Gasteiger partial charge in [0.2, 0.25) is 0 Å². The number of rotatable bonds is 4. The molecular weight excluding hydrogens is 397 g/mol. The summed E-state index contributed by atoms with van der Waals surface area (Å²) < 4.78 is 0. The molecule has 3 aromatic rings. The molecule has 133 valence electrons. The Morgan fingerprint density at radius 1 is 0.885 bits per heavy atom. The third-order valence-electron chi connectivity index (χ3n) is 3.60. The standard InChI is InChI=1S/C19H16N2O.C2H6.CH3.Y/c1-14-19(21-12-11-20-14)18(22)13-16-9-5-6-10-17(16)15-7-3-2-4-8-15;1-2;;/h2-12H,13H2,1H3;1-2H3;1H3;/q;;-1;. The number of aromatic nitrogens is 2. The minimum Gasteiger partial charge on any atom is -0.358 e. The predicted molar refractivity (Wildman–Crippen MR) is 104 cm³/mol. The summed E-state index contributed by atoms with van der Waals surface area (Å²) in [7, 11) is 0. The van der Waals surface area contributed by atoms with Gasteiger partial charge in [-0.05, 0) is 23.6 Å². The van der Waals surface area contributed by atoms with Crippen molar-refractivity contribution in [2.75, 3.05) is 0 Å². The fraction of sp³-hybridized carbons (Fsp3) is 0.182. The molecule has 1 radical (unpaired) electrons. The largest absolute Gasteiger partial charge is 0.358 e. The predicted octanol–water partition coefficient (Wildman–Crippen LogP) is 5.35. The SMILES string of the molecule is CC.Cc1nccnc1C(=O)Cc1ccccc1-c1ccccc1.[CH3-].[Y]. The smallest absolute Gasteiger partial charge is 0.187 e. The van der Waals surface area contributed by atoms with Gasteiger partial charge in [-0.3, -0.25) is 9.78 Å². The molecule has 0 unspecified atom stereocenters. The average Bonchev–Trinajstić information content (AvgIpc) is 2.65. The van der Waals surface area contributed by atoms with Crippen molar-refractivity contribution >= 4 is 5.78 Å². The Kier molecular flexibility index (Phi) is 11.8. The topological polar surface area (TPSA) is 42.9 Å². The summed E-state index contributed by atoms with van der Waals surface area (Å²) in [5.74, 6) is -0.00557. The van der Waals surface area contributed by atoms with Gasteiger partial charge in [-0.15, -0.1) is 0 Å². The number of carbonyl (C=O) groups excluding carboxylic acids is 1. The number of benzene rings is 2. The van der Waals surface area contributed by atoms with Crippen LogP contribution in [0.15, 0.2) is 67.0 Å². The van der Waals surface area contributed by atoms with Crippen LogP contribution in [0.4, 0.5) is 0 Å². The molecule has 0 aliphatic carbocycles. The van der Waals surface area contributed by atoms with E-state index in [4.69, 9.17) is 0 Å². The molecule has 0 aliphatic rings. The van der Waals surface area contributed by atoms with Crippen molar-refractivity contribution in [1.82, 2.24) is 9.97 Å². The Balaban J connectivity index is 0.00000151. The van der Waals surface area contributed by atoms with Crippen molar-refractivity contribution in [3.63, 3.8) is 0 Å². The summed E-state index contributed by atoms with van der Waals surface area (Å²) >= 11 is 0. The molecule has 26 heavy (non-hydrogen) atoms. The van der Waals surface area contributed by atoms with Crippen LogP contribution in [0.5, 0.6) is 0 Å². The van der Waals surface area contributed by atoms with E-state index in [1.807, 2.05) is 63.2 Å². The summed E-state index contributed by atoms with van der Waals surface area (Å²) in [5, 5.41) is 0. The van der Waals surface area contributed by atoms with Gasteiger partial charge in [-0.25, -0.2) is 4.98 Å². The van der Waals surface area contributed by atoms with Crippen molar-refractivity contribution in [2.45, 2.75) is 27.2 Å². The van der Waals surface area contributed by atoms with E-state index in [1.165, 1.54) is 0 Å². The monoisotopic (exact) mass is 422 g/mol. The molecule has 0 saturated carbocycles. The summed E-state index contributed by atoms with van der Waals surface area (Å²) in [5.41, 5.74) is 4.32. The zero-order chi connectivity index (χ0) is 17.4. The molecule has 1 heterocycles. The summed E-state index contributed by atoms with van der Waals surface area (Å²) in [6.07, 6.45) is 3.48. The van der Waals surface area contributed by atoms with Gasteiger partial charge in [-0.2, -0.15) is 0 Å². The molecule has 0 spiro atoms. The first-order valence-electron chi connectivity index (χ1n) is 8.20. The Labute approximate surface area is 182 Å². The fourth-order valence-corrected chi connectivity index (χ4v) is 2.51. The maximum absolute atomic E-state index is 12.5. The average molecular weight is 422 g/mol. The molecule has 0 fully saturated rings. The third kappa shape index (κ3) is 6.23. The van der Waals surface area contributed by atoms with Crippen LogP contribution in [0.1, 0.15) is 35.6 Å². The van der Waals surface area contributed by atoms with Crippen LogP contribution in [0, 0.1) is 14.4 Å². The molecule has 4 heteroatoms. The number of hydrogen-bond acceptors (Lipinski definition) is 3. The molecule has 1 aromatic heterocycles. The second kappa shape index (κ2) is 12.6. The summed E-state index contributed by atoms with van der Waals surface area (Å²) in [6.45, 7) is 5.81. The minimum atomic E-state index is -0.00557. The van der Waals surface area contributed by atoms with Crippen LogP contribution in [0.2, 0.25) is 0 Å². The van der Waals surface area contributed by atoms with Crippen LogP contribution in [-0.2, 0) is 39.1 Å². The van der Waals surface area contributed by atoms with Crippen molar-refractivity contribution in [3.8, 4) is 11.1 Å². The van der Waals surface area contributed by atoms with Crippen molar-refractivity contribution in [3.05, 3.63) is 91.4 Å². The second-order valence-corrected chi connectivity index (χ2v) is 5.11.